The summed E-state index contributed by atoms with van der Waals surface area (Å²) >= 11 is 0. The Balaban J connectivity index is 1.83. The van der Waals surface area contributed by atoms with E-state index in [0.29, 0.717) is 16.2 Å². The lowest BCUT2D eigenvalue weighted by atomic mass is 9.48. The number of hydrogen-bond donors (Lipinski definition) is 1. The van der Waals surface area contributed by atoms with E-state index in [1.165, 1.54) is 48.9 Å². The van der Waals surface area contributed by atoms with Crippen molar-refractivity contribution in [2.24, 2.45) is 16.2 Å². The van der Waals surface area contributed by atoms with Gasteiger partial charge in [0.2, 0.25) is 0 Å². The number of rotatable bonds is 0. The SMILES string of the molecule is Cc1ccc2c(c1)C1=C3C(=C[C@]4(C)CC(C)(C)C[C@]3(C4)N2)CC(C)(C)C1. The maximum atomic E-state index is 4.11. The first-order valence-electron chi connectivity index (χ1n) is 10.4. The van der Waals surface area contributed by atoms with Gasteiger partial charge < -0.3 is 5.32 Å². The molecule has 26 heavy (non-hydrogen) atoms. The Hall–Kier alpha value is -1.50. The average molecular weight is 348 g/mol. The maximum absolute atomic E-state index is 4.11. The Labute approximate surface area is 159 Å². The van der Waals surface area contributed by atoms with Crippen molar-refractivity contribution >= 4 is 11.3 Å². The van der Waals surface area contributed by atoms with Crippen LogP contribution in [0.2, 0.25) is 0 Å². The molecule has 1 nitrogen and oxygen atoms in total. The largest absolute Gasteiger partial charge is 0.375 e. The Morgan fingerprint density at radius 1 is 0.885 bits per heavy atom. The van der Waals surface area contributed by atoms with E-state index in [0.717, 1.165) is 0 Å². The Morgan fingerprint density at radius 3 is 2.42 bits per heavy atom. The smallest absolute Gasteiger partial charge is 0.0644 e. The quantitative estimate of drug-likeness (QED) is 0.539. The summed E-state index contributed by atoms with van der Waals surface area (Å²) in [6, 6.07) is 7.02. The minimum absolute atomic E-state index is 0.134. The molecule has 5 rings (SSSR count). The van der Waals surface area contributed by atoms with Crippen molar-refractivity contribution in [3.8, 4) is 0 Å². The third kappa shape index (κ3) is 2.28. The van der Waals surface area contributed by atoms with E-state index in [2.05, 4.69) is 71.1 Å². The standard InChI is InChI=1S/C25H33N/c1-16-7-8-20-18(9-16)19-12-22(2,3)10-17-11-24(6)13-23(4,5)14-25(15-24,26-20)21(17)19/h7-9,11,26H,10,12-15H2,1-6H3/t24-,25-/m1/s1. The fourth-order valence-electron chi connectivity index (χ4n) is 7.29. The molecule has 1 saturated carbocycles. The van der Waals surface area contributed by atoms with Crippen molar-refractivity contribution < 1.29 is 0 Å². The van der Waals surface area contributed by atoms with Gasteiger partial charge in [-0.15, -0.1) is 0 Å². The summed E-state index contributed by atoms with van der Waals surface area (Å²) in [6.45, 7) is 14.6. The van der Waals surface area contributed by atoms with Crippen LogP contribution >= 0.6 is 0 Å². The highest BCUT2D eigenvalue weighted by molar-refractivity contribution is 5.89. The van der Waals surface area contributed by atoms with Crippen molar-refractivity contribution in [1.82, 2.24) is 0 Å². The number of benzene rings is 1. The highest BCUT2D eigenvalue weighted by atomic mass is 15.0. The number of allylic oxidation sites excluding steroid dienone is 2. The van der Waals surface area contributed by atoms with E-state index in [9.17, 15) is 0 Å². The minimum atomic E-state index is 0.134. The molecule has 2 bridgehead atoms. The van der Waals surface area contributed by atoms with Gasteiger partial charge >= 0.3 is 0 Å². The molecule has 1 fully saturated rings. The third-order valence-electron chi connectivity index (χ3n) is 7.19. The van der Waals surface area contributed by atoms with Crippen LogP contribution in [0.15, 0.2) is 35.4 Å². The molecular weight excluding hydrogens is 314 g/mol. The van der Waals surface area contributed by atoms with Gasteiger partial charge in [0, 0.05) is 11.3 Å². The fourth-order valence-corrected chi connectivity index (χ4v) is 7.29. The molecule has 1 heteroatoms. The first kappa shape index (κ1) is 16.7. The normalized spacial score (nSPS) is 35.8. The zero-order valence-corrected chi connectivity index (χ0v) is 17.3. The summed E-state index contributed by atoms with van der Waals surface area (Å²) in [5, 5.41) is 4.11. The first-order valence-corrected chi connectivity index (χ1v) is 10.4. The highest BCUT2D eigenvalue weighted by Crippen LogP contribution is 2.65. The van der Waals surface area contributed by atoms with E-state index >= 15 is 0 Å². The van der Waals surface area contributed by atoms with E-state index in [-0.39, 0.29) is 5.54 Å². The van der Waals surface area contributed by atoms with Crippen molar-refractivity contribution in [2.75, 3.05) is 5.32 Å². The summed E-state index contributed by atoms with van der Waals surface area (Å²) in [5.74, 6) is 0. The van der Waals surface area contributed by atoms with Gasteiger partial charge in [-0.2, -0.15) is 0 Å². The highest BCUT2D eigenvalue weighted by Gasteiger charge is 2.57. The molecule has 1 spiro atoms. The Bertz CT molecular complexity index is 881. The summed E-state index contributed by atoms with van der Waals surface area (Å²) in [5.41, 5.74) is 10.3. The molecule has 3 aliphatic carbocycles. The van der Waals surface area contributed by atoms with Gasteiger partial charge in [0.25, 0.3) is 0 Å². The second kappa shape index (κ2) is 4.66. The predicted octanol–water partition coefficient (Wildman–Crippen LogP) is 6.89. The molecule has 0 unspecified atom stereocenters. The van der Waals surface area contributed by atoms with E-state index < -0.39 is 0 Å². The van der Waals surface area contributed by atoms with Crippen molar-refractivity contribution in [3.63, 3.8) is 0 Å². The molecule has 0 radical (unpaired) electrons. The Kier molecular flexibility index (Phi) is 2.99. The van der Waals surface area contributed by atoms with Gasteiger partial charge in [0.15, 0.2) is 0 Å². The van der Waals surface area contributed by atoms with Gasteiger partial charge in [-0.25, -0.2) is 0 Å². The van der Waals surface area contributed by atoms with Gasteiger partial charge in [-0.1, -0.05) is 52.3 Å². The van der Waals surface area contributed by atoms with E-state index in [1.807, 2.05) is 0 Å². The summed E-state index contributed by atoms with van der Waals surface area (Å²) in [6.07, 6.45) is 8.92. The predicted molar refractivity (Wildman–Crippen MR) is 111 cm³/mol. The molecule has 2 atom stereocenters. The molecule has 1 N–H and O–H groups in total. The monoisotopic (exact) mass is 347 g/mol. The van der Waals surface area contributed by atoms with Crippen LogP contribution in [-0.2, 0) is 0 Å². The van der Waals surface area contributed by atoms with Crippen molar-refractivity contribution in [3.05, 3.63) is 46.5 Å². The van der Waals surface area contributed by atoms with Crippen LogP contribution in [0.5, 0.6) is 0 Å². The summed E-state index contributed by atoms with van der Waals surface area (Å²) in [4.78, 5) is 0. The molecule has 138 valence electrons. The molecule has 4 aliphatic rings. The Morgan fingerprint density at radius 2 is 1.65 bits per heavy atom. The summed E-state index contributed by atoms with van der Waals surface area (Å²) in [7, 11) is 0. The number of hydrogen-bond acceptors (Lipinski definition) is 1. The molecule has 0 saturated heterocycles. The zero-order valence-electron chi connectivity index (χ0n) is 17.3. The summed E-state index contributed by atoms with van der Waals surface area (Å²) < 4.78 is 0. The van der Waals surface area contributed by atoms with Crippen LogP contribution in [-0.4, -0.2) is 5.54 Å². The first-order chi connectivity index (χ1) is 12.0. The molecule has 0 amide bonds. The topological polar surface area (TPSA) is 12.0 Å². The minimum Gasteiger partial charge on any atom is -0.375 e. The van der Waals surface area contributed by atoms with Crippen LogP contribution in [0.4, 0.5) is 5.69 Å². The fraction of sp³-hybridized carbons (Fsp3) is 0.600. The van der Waals surface area contributed by atoms with Gasteiger partial charge in [-0.05, 0) is 84.1 Å². The van der Waals surface area contributed by atoms with Crippen molar-refractivity contribution in [2.45, 2.75) is 79.2 Å². The van der Waals surface area contributed by atoms with Crippen LogP contribution in [0.3, 0.4) is 0 Å². The zero-order chi connectivity index (χ0) is 18.5. The number of nitrogens with one attached hydrogen (secondary N) is 1. The molecule has 1 aliphatic heterocycles. The lowest BCUT2D eigenvalue weighted by Crippen LogP contribution is -2.57. The molecule has 1 aromatic rings. The van der Waals surface area contributed by atoms with Gasteiger partial charge in [0.05, 0.1) is 5.54 Å². The van der Waals surface area contributed by atoms with Crippen LogP contribution in [0.25, 0.3) is 5.57 Å². The molecular formula is C25H33N. The second-order valence-corrected chi connectivity index (χ2v) is 11.6. The second-order valence-electron chi connectivity index (χ2n) is 11.6. The average Bonchev–Trinajstić information content (AvgIpc) is 2.43. The van der Waals surface area contributed by atoms with Gasteiger partial charge in [0.1, 0.15) is 0 Å². The van der Waals surface area contributed by atoms with Crippen molar-refractivity contribution in [1.29, 1.82) is 0 Å². The lowest BCUT2D eigenvalue weighted by molar-refractivity contribution is 0.0837. The van der Waals surface area contributed by atoms with Gasteiger partial charge in [-0.3, -0.25) is 0 Å². The van der Waals surface area contributed by atoms with E-state index in [1.54, 1.807) is 16.7 Å². The maximum Gasteiger partial charge on any atom is 0.0644 e. The van der Waals surface area contributed by atoms with Crippen LogP contribution in [0, 0.1) is 23.2 Å². The van der Waals surface area contributed by atoms with E-state index in [4.69, 9.17) is 0 Å². The number of anilines is 1. The lowest BCUT2D eigenvalue weighted by Gasteiger charge is -2.61. The van der Waals surface area contributed by atoms with Crippen LogP contribution in [0.1, 0.15) is 77.8 Å². The molecule has 1 aromatic carbocycles. The van der Waals surface area contributed by atoms with Crippen LogP contribution < -0.4 is 5.32 Å². The molecule has 1 heterocycles. The molecule has 0 aromatic heterocycles. The third-order valence-corrected chi connectivity index (χ3v) is 7.19. The number of fused-ring (bicyclic) bond motifs is 3. The number of aryl methyl sites for hydroxylation is 1.